The van der Waals surface area contributed by atoms with Gasteiger partial charge in [-0.15, -0.1) is 0 Å². The van der Waals surface area contributed by atoms with Crippen LogP contribution in [0.5, 0.6) is 0 Å². The Morgan fingerprint density at radius 2 is 1.89 bits per heavy atom. The minimum Gasteiger partial charge on any atom is -0.353 e. The zero-order chi connectivity index (χ0) is 13.9. The minimum absolute atomic E-state index is 0.504. The van der Waals surface area contributed by atoms with Gasteiger partial charge in [0.1, 0.15) is 0 Å². The SMILES string of the molecule is CCc1ccc(C)cc1.O=CNCc1ccccn1. The Hall–Kier alpha value is -2.16. The Morgan fingerprint density at radius 3 is 2.42 bits per heavy atom. The van der Waals surface area contributed by atoms with E-state index in [4.69, 9.17) is 0 Å². The monoisotopic (exact) mass is 256 g/mol. The highest BCUT2D eigenvalue weighted by atomic mass is 16.1. The van der Waals surface area contributed by atoms with Gasteiger partial charge in [-0.1, -0.05) is 42.8 Å². The first-order chi connectivity index (χ1) is 9.26. The lowest BCUT2D eigenvalue weighted by molar-refractivity contribution is -0.109. The maximum Gasteiger partial charge on any atom is 0.207 e. The summed E-state index contributed by atoms with van der Waals surface area (Å²) in [6.07, 6.45) is 3.50. The molecule has 0 aliphatic heterocycles. The molecule has 3 heteroatoms. The minimum atomic E-state index is 0.504. The van der Waals surface area contributed by atoms with E-state index in [1.807, 2.05) is 18.2 Å². The van der Waals surface area contributed by atoms with Gasteiger partial charge in [0.2, 0.25) is 6.41 Å². The molecule has 2 aromatic rings. The third kappa shape index (κ3) is 6.36. The number of pyridine rings is 1. The van der Waals surface area contributed by atoms with E-state index < -0.39 is 0 Å². The van der Waals surface area contributed by atoms with Gasteiger partial charge in [0.05, 0.1) is 12.2 Å². The van der Waals surface area contributed by atoms with Crippen molar-refractivity contribution in [1.82, 2.24) is 10.3 Å². The highest BCUT2D eigenvalue weighted by Gasteiger charge is 1.87. The average molecular weight is 256 g/mol. The van der Waals surface area contributed by atoms with Crippen molar-refractivity contribution in [2.45, 2.75) is 26.8 Å². The number of aryl methyl sites for hydroxylation is 2. The maximum atomic E-state index is 9.84. The van der Waals surface area contributed by atoms with Gasteiger partial charge in [0.25, 0.3) is 0 Å². The standard InChI is InChI=1S/C9H12.C7H8N2O/c1-3-9-6-4-8(2)5-7-9;10-6-8-5-7-3-1-2-4-9-7/h4-7H,3H2,1-2H3;1-4,6H,5H2,(H,8,10). The number of nitrogens with zero attached hydrogens (tertiary/aromatic N) is 1. The second-order valence-electron chi connectivity index (χ2n) is 4.16. The zero-order valence-corrected chi connectivity index (χ0v) is 11.5. The first-order valence-corrected chi connectivity index (χ1v) is 6.38. The third-order valence-electron chi connectivity index (χ3n) is 2.62. The molecule has 0 fully saturated rings. The molecule has 19 heavy (non-hydrogen) atoms. The fourth-order valence-electron chi connectivity index (χ4n) is 1.47. The van der Waals surface area contributed by atoms with Crippen LogP contribution in [0, 0.1) is 6.92 Å². The predicted molar refractivity (Wildman–Crippen MR) is 77.7 cm³/mol. The van der Waals surface area contributed by atoms with Crippen LogP contribution in [-0.4, -0.2) is 11.4 Å². The van der Waals surface area contributed by atoms with Crippen LogP contribution in [0.3, 0.4) is 0 Å². The molecule has 0 bridgehead atoms. The molecular weight excluding hydrogens is 236 g/mol. The highest BCUT2D eigenvalue weighted by Crippen LogP contribution is 2.02. The molecule has 0 spiro atoms. The van der Waals surface area contributed by atoms with Crippen LogP contribution in [0.1, 0.15) is 23.7 Å². The summed E-state index contributed by atoms with van der Waals surface area (Å²) < 4.78 is 0. The number of hydrogen-bond acceptors (Lipinski definition) is 2. The van der Waals surface area contributed by atoms with Gasteiger partial charge in [-0.25, -0.2) is 0 Å². The fourth-order valence-corrected chi connectivity index (χ4v) is 1.47. The lowest BCUT2D eigenvalue weighted by atomic mass is 10.1. The van der Waals surface area contributed by atoms with Crippen LogP contribution in [0.2, 0.25) is 0 Å². The Balaban J connectivity index is 0.000000191. The lowest BCUT2D eigenvalue weighted by Gasteiger charge is -1.95. The number of aromatic nitrogens is 1. The van der Waals surface area contributed by atoms with Gasteiger partial charge >= 0.3 is 0 Å². The molecule has 0 aliphatic rings. The summed E-state index contributed by atoms with van der Waals surface area (Å²) in [5.74, 6) is 0. The van der Waals surface area contributed by atoms with Gasteiger partial charge in [-0.2, -0.15) is 0 Å². The highest BCUT2D eigenvalue weighted by molar-refractivity contribution is 5.45. The van der Waals surface area contributed by atoms with E-state index >= 15 is 0 Å². The number of hydrogen-bond donors (Lipinski definition) is 1. The summed E-state index contributed by atoms with van der Waals surface area (Å²) in [5.41, 5.74) is 3.63. The van der Waals surface area contributed by atoms with E-state index in [2.05, 4.69) is 48.4 Å². The number of rotatable bonds is 4. The second kappa shape index (κ2) is 8.86. The van der Waals surface area contributed by atoms with E-state index in [0.717, 1.165) is 12.1 Å². The Morgan fingerprint density at radius 1 is 1.16 bits per heavy atom. The van der Waals surface area contributed by atoms with Crippen molar-refractivity contribution >= 4 is 6.41 Å². The first kappa shape index (κ1) is 14.9. The number of carbonyl (C=O) groups is 1. The number of carbonyl (C=O) groups excluding carboxylic acids is 1. The molecule has 100 valence electrons. The van der Waals surface area contributed by atoms with E-state index in [1.165, 1.54) is 11.1 Å². The number of amides is 1. The molecule has 2 rings (SSSR count). The van der Waals surface area contributed by atoms with Crippen LogP contribution >= 0.6 is 0 Å². The normalized spacial score (nSPS) is 9.16. The molecule has 1 amide bonds. The van der Waals surface area contributed by atoms with E-state index in [0.29, 0.717) is 13.0 Å². The van der Waals surface area contributed by atoms with Crippen molar-refractivity contribution in [3.8, 4) is 0 Å². The van der Waals surface area contributed by atoms with E-state index in [-0.39, 0.29) is 0 Å². The van der Waals surface area contributed by atoms with Crippen LogP contribution < -0.4 is 5.32 Å². The zero-order valence-electron chi connectivity index (χ0n) is 11.5. The van der Waals surface area contributed by atoms with Gasteiger partial charge in [-0.05, 0) is 31.0 Å². The van der Waals surface area contributed by atoms with Crippen molar-refractivity contribution in [3.63, 3.8) is 0 Å². The van der Waals surface area contributed by atoms with Crippen LogP contribution in [-0.2, 0) is 17.8 Å². The molecule has 0 saturated heterocycles. The van der Waals surface area contributed by atoms with E-state index in [1.54, 1.807) is 6.20 Å². The molecule has 1 aromatic carbocycles. The maximum absolute atomic E-state index is 9.84. The topological polar surface area (TPSA) is 42.0 Å². The summed E-state index contributed by atoms with van der Waals surface area (Å²) in [6, 6.07) is 14.2. The summed E-state index contributed by atoms with van der Waals surface area (Å²) in [7, 11) is 0. The Labute approximate surface area is 114 Å². The molecule has 0 saturated carbocycles. The Kier molecular flexibility index (Phi) is 6.95. The van der Waals surface area contributed by atoms with Crippen LogP contribution in [0.25, 0.3) is 0 Å². The molecule has 1 aromatic heterocycles. The number of benzene rings is 1. The molecule has 0 aliphatic carbocycles. The van der Waals surface area contributed by atoms with Crippen LogP contribution in [0.15, 0.2) is 48.7 Å². The summed E-state index contributed by atoms with van der Waals surface area (Å²) in [4.78, 5) is 13.8. The molecule has 0 unspecified atom stereocenters. The molecule has 0 radical (unpaired) electrons. The smallest absolute Gasteiger partial charge is 0.207 e. The molecule has 1 N–H and O–H groups in total. The lowest BCUT2D eigenvalue weighted by Crippen LogP contribution is -2.10. The van der Waals surface area contributed by atoms with Crippen LogP contribution in [0.4, 0.5) is 0 Å². The van der Waals surface area contributed by atoms with Crippen molar-refractivity contribution in [3.05, 3.63) is 65.5 Å². The van der Waals surface area contributed by atoms with Crippen molar-refractivity contribution in [2.24, 2.45) is 0 Å². The van der Waals surface area contributed by atoms with Gasteiger partial charge < -0.3 is 5.32 Å². The Bertz CT molecular complexity index is 466. The predicted octanol–water partition coefficient (Wildman–Crippen LogP) is 2.89. The molecule has 3 nitrogen and oxygen atoms in total. The summed E-state index contributed by atoms with van der Waals surface area (Å²) in [5, 5.41) is 2.52. The number of nitrogens with one attached hydrogen (secondary N) is 1. The van der Waals surface area contributed by atoms with E-state index in [9.17, 15) is 4.79 Å². The van der Waals surface area contributed by atoms with Gasteiger partial charge in [-0.3, -0.25) is 9.78 Å². The van der Waals surface area contributed by atoms with Gasteiger partial charge in [0, 0.05) is 6.20 Å². The van der Waals surface area contributed by atoms with Gasteiger partial charge in [0.15, 0.2) is 0 Å². The second-order valence-corrected chi connectivity index (χ2v) is 4.16. The molecule has 1 heterocycles. The van der Waals surface area contributed by atoms with Crippen molar-refractivity contribution < 1.29 is 4.79 Å². The molecule has 0 atom stereocenters. The van der Waals surface area contributed by atoms with Crippen molar-refractivity contribution in [1.29, 1.82) is 0 Å². The average Bonchev–Trinajstić information content (AvgIpc) is 2.48. The van der Waals surface area contributed by atoms with Crippen molar-refractivity contribution in [2.75, 3.05) is 0 Å². The summed E-state index contributed by atoms with van der Waals surface area (Å²) in [6.45, 7) is 4.79. The first-order valence-electron chi connectivity index (χ1n) is 6.38. The largest absolute Gasteiger partial charge is 0.353 e. The summed E-state index contributed by atoms with van der Waals surface area (Å²) >= 11 is 0. The quantitative estimate of drug-likeness (QED) is 0.855. The molecular formula is C16H20N2O. The third-order valence-corrected chi connectivity index (χ3v) is 2.62. The fraction of sp³-hybridized carbons (Fsp3) is 0.250.